The van der Waals surface area contributed by atoms with Crippen LogP contribution in [0.5, 0.6) is 5.75 Å². The van der Waals surface area contributed by atoms with Gasteiger partial charge in [0.25, 0.3) is 0 Å². The molecule has 40 heavy (non-hydrogen) atoms. The van der Waals surface area contributed by atoms with E-state index in [1.165, 1.54) is 12.1 Å². The minimum atomic E-state index is -5.91. The molecule has 2 N–H and O–H groups in total. The first-order valence-electron chi connectivity index (χ1n) is 12.2. The van der Waals surface area contributed by atoms with Crippen molar-refractivity contribution in [2.45, 2.75) is 38.2 Å². The van der Waals surface area contributed by atoms with Crippen LogP contribution in [0, 0.1) is 0 Å². The number of fused-ring (bicyclic) bond motifs is 1. The molecule has 13 heteroatoms. The number of aromatic nitrogens is 2. The lowest BCUT2D eigenvalue weighted by Crippen LogP contribution is -2.41. The number of aryl methyl sites for hydroxylation is 1. The average molecular weight is 575 g/mol. The molecular formula is C27H25F3N4O5S. The SMILES string of the molecule is CCCCc1nc2cc(NC=O)ccc2n1Cc1ccc(-c2ccccc2OC(=O)NS(=O)(=O)C(F)(F)F)cc1. The highest BCUT2D eigenvalue weighted by Crippen LogP contribution is 2.31. The van der Waals surface area contributed by atoms with Gasteiger partial charge < -0.3 is 14.6 Å². The van der Waals surface area contributed by atoms with E-state index in [-0.39, 0.29) is 5.75 Å². The van der Waals surface area contributed by atoms with Gasteiger partial charge in [0.1, 0.15) is 11.6 Å². The highest BCUT2D eigenvalue weighted by Gasteiger charge is 2.47. The van der Waals surface area contributed by atoms with Crippen LogP contribution in [0.2, 0.25) is 0 Å². The predicted molar refractivity (Wildman–Crippen MR) is 143 cm³/mol. The number of rotatable bonds is 10. The molecule has 0 aliphatic heterocycles. The van der Waals surface area contributed by atoms with E-state index in [1.54, 1.807) is 30.3 Å². The number of carbonyl (C=O) groups excluding carboxylic acids is 2. The molecule has 4 rings (SSSR count). The van der Waals surface area contributed by atoms with Gasteiger partial charge in [0.2, 0.25) is 6.41 Å². The van der Waals surface area contributed by atoms with Gasteiger partial charge in [-0.3, -0.25) is 4.79 Å². The molecule has 0 aliphatic carbocycles. The Hall–Kier alpha value is -4.39. The van der Waals surface area contributed by atoms with Crippen molar-refractivity contribution in [2.24, 2.45) is 0 Å². The van der Waals surface area contributed by atoms with Crippen LogP contribution in [0.25, 0.3) is 22.2 Å². The lowest BCUT2D eigenvalue weighted by Gasteiger charge is -2.13. The quantitative estimate of drug-likeness (QED) is 0.238. The van der Waals surface area contributed by atoms with Crippen LogP contribution >= 0.6 is 0 Å². The number of benzene rings is 3. The molecule has 0 bridgehead atoms. The van der Waals surface area contributed by atoms with Crippen molar-refractivity contribution in [1.29, 1.82) is 0 Å². The monoisotopic (exact) mass is 574 g/mol. The topological polar surface area (TPSA) is 119 Å². The molecule has 0 saturated heterocycles. The number of anilines is 1. The molecule has 0 saturated carbocycles. The molecule has 2 amide bonds. The number of hydrogen-bond donors (Lipinski definition) is 2. The molecule has 0 radical (unpaired) electrons. The number of hydrogen-bond acceptors (Lipinski definition) is 6. The van der Waals surface area contributed by atoms with E-state index >= 15 is 0 Å². The summed E-state index contributed by atoms with van der Waals surface area (Å²) in [4.78, 5) is 27.5. The molecule has 0 fully saturated rings. The third-order valence-electron chi connectivity index (χ3n) is 6.02. The first-order chi connectivity index (χ1) is 19.0. The second-order valence-electron chi connectivity index (χ2n) is 8.82. The molecule has 9 nitrogen and oxygen atoms in total. The predicted octanol–water partition coefficient (Wildman–Crippen LogP) is 5.60. The first kappa shape index (κ1) is 28.6. The lowest BCUT2D eigenvalue weighted by atomic mass is 10.0. The summed E-state index contributed by atoms with van der Waals surface area (Å²) in [6, 6.07) is 18.8. The second kappa shape index (κ2) is 11.8. The van der Waals surface area contributed by atoms with Crippen molar-refractivity contribution >= 4 is 39.2 Å². The van der Waals surface area contributed by atoms with Crippen molar-refractivity contribution in [3.63, 3.8) is 0 Å². The number of unbranched alkanes of at least 4 members (excludes halogenated alkanes) is 1. The zero-order valence-corrected chi connectivity index (χ0v) is 22.1. The Kier molecular flexibility index (Phi) is 8.43. The third-order valence-corrected chi connectivity index (χ3v) is 7.07. The highest BCUT2D eigenvalue weighted by atomic mass is 32.2. The van der Waals surface area contributed by atoms with Crippen molar-refractivity contribution in [3.8, 4) is 16.9 Å². The number of nitrogens with one attached hydrogen (secondary N) is 2. The molecule has 1 heterocycles. The fourth-order valence-corrected chi connectivity index (χ4v) is 4.47. The fraction of sp³-hybridized carbons (Fsp3) is 0.222. The van der Waals surface area contributed by atoms with Crippen molar-refractivity contribution < 1.29 is 35.9 Å². The average Bonchev–Trinajstić information content (AvgIpc) is 3.23. The van der Waals surface area contributed by atoms with Crippen LogP contribution in [-0.2, 0) is 27.8 Å². The number of para-hydroxylation sites is 1. The van der Waals surface area contributed by atoms with Crippen LogP contribution in [0.15, 0.2) is 66.7 Å². The third kappa shape index (κ3) is 6.42. The molecule has 0 spiro atoms. The number of ether oxygens (including phenoxy) is 1. The van der Waals surface area contributed by atoms with E-state index in [4.69, 9.17) is 9.72 Å². The molecule has 0 unspecified atom stereocenters. The number of carbonyl (C=O) groups is 2. The van der Waals surface area contributed by atoms with E-state index in [0.717, 1.165) is 46.4 Å². The van der Waals surface area contributed by atoms with Crippen LogP contribution in [0.1, 0.15) is 31.2 Å². The zero-order chi connectivity index (χ0) is 28.9. The van der Waals surface area contributed by atoms with Crippen LogP contribution < -0.4 is 14.8 Å². The number of imidazole rings is 1. The molecule has 0 atom stereocenters. The highest BCUT2D eigenvalue weighted by molar-refractivity contribution is 7.90. The van der Waals surface area contributed by atoms with Gasteiger partial charge in [0.05, 0.1) is 11.0 Å². The Labute approximate surface area is 228 Å². The maximum Gasteiger partial charge on any atom is 0.516 e. The van der Waals surface area contributed by atoms with Gasteiger partial charge in [0.15, 0.2) is 0 Å². The van der Waals surface area contributed by atoms with Crippen molar-refractivity contribution in [2.75, 3.05) is 5.32 Å². The Morgan fingerprint density at radius 3 is 2.48 bits per heavy atom. The Bertz CT molecular complexity index is 1630. The minimum absolute atomic E-state index is 0.118. The summed E-state index contributed by atoms with van der Waals surface area (Å²) in [5, 5.41) is 2.63. The van der Waals surface area contributed by atoms with Crippen LogP contribution in [0.4, 0.5) is 23.7 Å². The largest absolute Gasteiger partial charge is 0.516 e. The van der Waals surface area contributed by atoms with E-state index in [0.29, 0.717) is 29.8 Å². The van der Waals surface area contributed by atoms with E-state index in [1.807, 2.05) is 24.3 Å². The van der Waals surface area contributed by atoms with Crippen LogP contribution in [-0.4, -0.2) is 36.0 Å². The van der Waals surface area contributed by atoms with Gasteiger partial charge >= 0.3 is 21.6 Å². The Morgan fingerprint density at radius 2 is 1.80 bits per heavy atom. The van der Waals surface area contributed by atoms with Crippen molar-refractivity contribution in [3.05, 3.63) is 78.1 Å². The van der Waals surface area contributed by atoms with Gasteiger partial charge in [-0.2, -0.15) is 21.6 Å². The minimum Gasteiger partial charge on any atom is -0.409 e. The first-order valence-corrected chi connectivity index (χ1v) is 13.7. The standard InChI is InChI=1S/C27H25F3N4O5S/c1-2-3-8-25-32-22-15-20(31-17-35)13-14-23(22)34(25)16-18-9-11-19(12-10-18)21-6-4-5-7-24(21)39-26(36)33-40(37,38)27(28,29)30/h4-7,9-15,17H,2-3,8,16H2,1H3,(H,31,35)(H,33,36). The number of halogens is 3. The zero-order valence-electron chi connectivity index (χ0n) is 21.2. The summed E-state index contributed by atoms with van der Waals surface area (Å²) in [6.07, 6.45) is 1.56. The summed E-state index contributed by atoms with van der Waals surface area (Å²) in [7, 11) is -5.91. The van der Waals surface area contributed by atoms with E-state index in [2.05, 4.69) is 16.8 Å². The lowest BCUT2D eigenvalue weighted by molar-refractivity contribution is -0.105. The maximum atomic E-state index is 12.6. The summed E-state index contributed by atoms with van der Waals surface area (Å²) >= 11 is 0. The van der Waals surface area contributed by atoms with Gasteiger partial charge in [-0.25, -0.2) is 14.5 Å². The smallest absolute Gasteiger partial charge is 0.409 e. The number of amides is 2. The number of nitrogens with zero attached hydrogens (tertiary/aromatic N) is 2. The summed E-state index contributed by atoms with van der Waals surface area (Å²) in [5.41, 5.74) is -1.45. The summed E-state index contributed by atoms with van der Waals surface area (Å²) < 4.78 is 68.1. The molecular weight excluding hydrogens is 549 g/mol. The number of alkyl halides is 3. The Morgan fingerprint density at radius 1 is 1.07 bits per heavy atom. The van der Waals surface area contributed by atoms with Gasteiger partial charge in [-0.1, -0.05) is 55.8 Å². The normalized spacial score (nSPS) is 11.8. The fourth-order valence-electron chi connectivity index (χ4n) is 4.09. The molecule has 4 aromatic rings. The Balaban J connectivity index is 1.57. The van der Waals surface area contributed by atoms with E-state index in [9.17, 15) is 31.2 Å². The van der Waals surface area contributed by atoms with Gasteiger partial charge in [-0.05, 0) is 41.8 Å². The molecule has 1 aromatic heterocycles. The summed E-state index contributed by atoms with van der Waals surface area (Å²) in [5.74, 6) is 0.787. The molecule has 3 aromatic carbocycles. The van der Waals surface area contributed by atoms with Gasteiger partial charge in [-0.15, -0.1) is 0 Å². The second-order valence-corrected chi connectivity index (χ2v) is 10.5. The van der Waals surface area contributed by atoms with Gasteiger partial charge in [0, 0.05) is 24.2 Å². The summed E-state index contributed by atoms with van der Waals surface area (Å²) in [6.45, 7) is 2.60. The van der Waals surface area contributed by atoms with E-state index < -0.39 is 21.6 Å². The van der Waals surface area contributed by atoms with Crippen LogP contribution in [0.3, 0.4) is 0 Å². The maximum absolute atomic E-state index is 12.6. The number of sulfonamides is 1. The molecule has 210 valence electrons. The molecule has 0 aliphatic rings. The van der Waals surface area contributed by atoms with Crippen molar-refractivity contribution in [1.82, 2.24) is 14.3 Å².